The molecule has 0 amide bonds. The summed E-state index contributed by atoms with van der Waals surface area (Å²) in [6, 6.07) is 6.21. The van der Waals surface area contributed by atoms with Gasteiger partial charge in [-0.2, -0.15) is 0 Å². The number of carbonyl (C=O) groups excluding carboxylic acids is 3. The van der Waals surface area contributed by atoms with Crippen LogP contribution in [0.3, 0.4) is 0 Å². The fourth-order valence-corrected chi connectivity index (χ4v) is 3.17. The van der Waals surface area contributed by atoms with Gasteiger partial charge in [0.05, 0.1) is 42.5 Å². The molecule has 1 aromatic carbocycles. The first kappa shape index (κ1) is 21.7. The first-order valence-electron chi connectivity index (χ1n) is 8.55. The van der Waals surface area contributed by atoms with Gasteiger partial charge in [0.1, 0.15) is 6.61 Å². The van der Waals surface area contributed by atoms with Gasteiger partial charge in [-0.1, -0.05) is 18.2 Å². The lowest BCUT2D eigenvalue weighted by Gasteiger charge is -2.31. The van der Waals surface area contributed by atoms with Crippen LogP contribution >= 0.6 is 0 Å². The van der Waals surface area contributed by atoms with E-state index in [1.54, 1.807) is 12.1 Å². The minimum atomic E-state index is -1.28. The van der Waals surface area contributed by atoms with E-state index in [-0.39, 0.29) is 40.3 Å². The number of carboxylic acid groups (broad SMARTS) is 1. The molecule has 0 aliphatic carbocycles. The van der Waals surface area contributed by atoms with E-state index in [0.29, 0.717) is 0 Å². The zero-order valence-electron chi connectivity index (χ0n) is 16.4. The lowest BCUT2D eigenvalue weighted by molar-refractivity contribution is -0.141. The molecule has 1 aliphatic rings. The number of benzene rings is 1. The summed E-state index contributed by atoms with van der Waals surface area (Å²) < 4.78 is 14.7. The van der Waals surface area contributed by atoms with E-state index in [4.69, 9.17) is 14.2 Å². The Hall–Kier alpha value is -3.62. The molecule has 9 heteroatoms. The van der Waals surface area contributed by atoms with E-state index in [9.17, 15) is 24.3 Å². The quantitative estimate of drug-likeness (QED) is 0.536. The highest BCUT2D eigenvalue weighted by Gasteiger charge is 2.40. The number of nitrogens with one attached hydrogen (secondary N) is 1. The Balaban J connectivity index is 2.80. The molecule has 0 spiro atoms. The molecule has 29 heavy (non-hydrogen) atoms. The molecule has 1 atom stereocenters. The Morgan fingerprint density at radius 1 is 1.03 bits per heavy atom. The lowest BCUT2D eigenvalue weighted by Crippen LogP contribution is -2.35. The molecule has 2 rings (SSSR count). The monoisotopic (exact) mass is 403 g/mol. The molecule has 1 aromatic rings. The van der Waals surface area contributed by atoms with Gasteiger partial charge < -0.3 is 24.6 Å². The van der Waals surface area contributed by atoms with Crippen molar-refractivity contribution in [2.24, 2.45) is 0 Å². The Labute approximate surface area is 166 Å². The second-order valence-corrected chi connectivity index (χ2v) is 6.14. The van der Waals surface area contributed by atoms with Gasteiger partial charge in [0.25, 0.3) is 0 Å². The smallest absolute Gasteiger partial charge is 0.338 e. The summed E-state index contributed by atoms with van der Waals surface area (Å²) >= 11 is 0. The minimum Gasteiger partial charge on any atom is -0.478 e. The summed E-state index contributed by atoms with van der Waals surface area (Å²) in [7, 11) is 2.34. The highest BCUT2D eigenvalue weighted by Crippen LogP contribution is 2.40. The molecule has 2 N–H and O–H groups in total. The predicted molar refractivity (Wildman–Crippen MR) is 99.7 cm³/mol. The number of carbonyl (C=O) groups is 4. The fourth-order valence-electron chi connectivity index (χ4n) is 3.17. The Morgan fingerprint density at radius 3 is 2.21 bits per heavy atom. The lowest BCUT2D eigenvalue weighted by atomic mass is 9.78. The van der Waals surface area contributed by atoms with Crippen LogP contribution in [0.4, 0.5) is 0 Å². The maximum absolute atomic E-state index is 12.6. The van der Waals surface area contributed by atoms with Gasteiger partial charge >= 0.3 is 23.9 Å². The normalized spacial score (nSPS) is 16.1. The second kappa shape index (κ2) is 9.05. The molecule has 9 nitrogen and oxygen atoms in total. The topological polar surface area (TPSA) is 128 Å². The molecule has 0 aromatic heterocycles. The number of hydrogen-bond donors (Lipinski definition) is 2. The highest BCUT2D eigenvalue weighted by molar-refractivity contribution is 6.01. The van der Waals surface area contributed by atoms with Gasteiger partial charge in [0.2, 0.25) is 0 Å². The van der Waals surface area contributed by atoms with Crippen molar-refractivity contribution < 1.29 is 38.5 Å². The molecule has 1 heterocycles. The third kappa shape index (κ3) is 4.45. The van der Waals surface area contributed by atoms with E-state index >= 15 is 0 Å². The molecule has 154 valence electrons. The van der Waals surface area contributed by atoms with Crippen molar-refractivity contribution in [2.45, 2.75) is 19.8 Å². The number of aliphatic carboxylic acids is 1. The van der Waals surface area contributed by atoms with Crippen LogP contribution in [0.25, 0.3) is 0 Å². The van der Waals surface area contributed by atoms with Crippen molar-refractivity contribution in [1.29, 1.82) is 0 Å². The summed E-state index contributed by atoms with van der Waals surface area (Å²) in [4.78, 5) is 48.2. The Bertz CT molecular complexity index is 928. The first-order chi connectivity index (χ1) is 13.7. The van der Waals surface area contributed by atoms with Crippen LogP contribution in [-0.2, 0) is 28.6 Å². The summed E-state index contributed by atoms with van der Waals surface area (Å²) in [5.74, 6) is -4.53. The Kier molecular flexibility index (Phi) is 6.76. The van der Waals surface area contributed by atoms with E-state index < -0.39 is 29.8 Å². The van der Waals surface area contributed by atoms with Crippen molar-refractivity contribution in [3.05, 3.63) is 57.9 Å². The largest absolute Gasteiger partial charge is 0.478 e. The van der Waals surface area contributed by atoms with Crippen molar-refractivity contribution in [3.63, 3.8) is 0 Å². The van der Waals surface area contributed by atoms with Crippen molar-refractivity contribution in [2.75, 3.05) is 20.8 Å². The van der Waals surface area contributed by atoms with Crippen molar-refractivity contribution in [3.8, 4) is 0 Å². The fraction of sp³-hybridized carbons (Fsp3) is 0.300. The minimum absolute atomic E-state index is 0.0758. The molecule has 0 saturated heterocycles. The predicted octanol–water partition coefficient (Wildman–Crippen LogP) is 1.51. The van der Waals surface area contributed by atoms with Crippen LogP contribution in [0.5, 0.6) is 0 Å². The summed E-state index contributed by atoms with van der Waals surface area (Å²) in [5, 5.41) is 12.6. The third-order valence-electron chi connectivity index (χ3n) is 4.38. The Morgan fingerprint density at radius 2 is 1.66 bits per heavy atom. The second-order valence-electron chi connectivity index (χ2n) is 6.14. The summed E-state index contributed by atoms with van der Waals surface area (Å²) in [6.07, 6.45) is 0. The maximum atomic E-state index is 12.6. The highest BCUT2D eigenvalue weighted by atomic mass is 16.5. The standard InChI is InChI=1S/C20H21NO8/c1-10-15(18(23)24)16(12-7-5-6-8-13(12)19(25)27-3)17(20(26)28-4)14(21-10)9-29-11(2)22/h5-8,16,21H,9H2,1-4H3,(H,23,24). The molecular weight excluding hydrogens is 382 g/mol. The molecule has 0 bridgehead atoms. The van der Waals surface area contributed by atoms with Crippen LogP contribution < -0.4 is 5.32 Å². The molecule has 0 fully saturated rings. The van der Waals surface area contributed by atoms with Crippen LogP contribution in [0.1, 0.15) is 35.7 Å². The van der Waals surface area contributed by atoms with Crippen molar-refractivity contribution >= 4 is 23.9 Å². The van der Waals surface area contributed by atoms with Crippen LogP contribution in [0.2, 0.25) is 0 Å². The van der Waals surface area contributed by atoms with E-state index in [1.165, 1.54) is 33.1 Å². The third-order valence-corrected chi connectivity index (χ3v) is 4.38. The van der Waals surface area contributed by atoms with Crippen LogP contribution in [-0.4, -0.2) is 49.8 Å². The summed E-state index contributed by atoms with van der Waals surface area (Å²) in [5.41, 5.74) is 0.526. The molecule has 0 radical (unpaired) electrons. The average Bonchev–Trinajstić information content (AvgIpc) is 2.70. The van der Waals surface area contributed by atoms with Gasteiger partial charge in [-0.05, 0) is 18.6 Å². The van der Waals surface area contributed by atoms with Crippen LogP contribution in [0, 0.1) is 0 Å². The van der Waals surface area contributed by atoms with E-state index in [1.807, 2.05) is 0 Å². The van der Waals surface area contributed by atoms with Gasteiger partial charge in [-0.15, -0.1) is 0 Å². The average molecular weight is 403 g/mol. The number of hydrogen-bond acceptors (Lipinski definition) is 8. The molecule has 0 saturated carbocycles. The molecule has 1 unspecified atom stereocenters. The molecule has 1 aliphatic heterocycles. The van der Waals surface area contributed by atoms with Gasteiger partial charge in [0, 0.05) is 12.6 Å². The zero-order chi connectivity index (χ0) is 21.7. The summed E-state index contributed by atoms with van der Waals surface area (Å²) in [6.45, 7) is 2.41. The van der Waals surface area contributed by atoms with Crippen molar-refractivity contribution in [1.82, 2.24) is 5.32 Å². The number of dihydropyridines is 1. The van der Waals surface area contributed by atoms with Gasteiger partial charge in [0.15, 0.2) is 0 Å². The number of ether oxygens (including phenoxy) is 3. The van der Waals surface area contributed by atoms with E-state index in [2.05, 4.69) is 5.32 Å². The van der Waals surface area contributed by atoms with E-state index in [0.717, 1.165) is 7.11 Å². The zero-order valence-corrected chi connectivity index (χ0v) is 16.4. The molecular formula is C20H21NO8. The number of carboxylic acids is 1. The number of methoxy groups -OCH3 is 2. The first-order valence-corrected chi connectivity index (χ1v) is 8.55. The van der Waals surface area contributed by atoms with Gasteiger partial charge in [-0.3, -0.25) is 4.79 Å². The number of esters is 3. The maximum Gasteiger partial charge on any atom is 0.338 e. The van der Waals surface area contributed by atoms with Gasteiger partial charge in [-0.25, -0.2) is 14.4 Å². The SMILES string of the molecule is COC(=O)C1=C(COC(C)=O)NC(C)=C(C(=O)O)C1c1ccccc1C(=O)OC. The number of allylic oxidation sites excluding steroid dienone is 1. The number of rotatable bonds is 6. The van der Waals surface area contributed by atoms with Crippen LogP contribution in [0.15, 0.2) is 46.8 Å².